The molecule has 0 saturated heterocycles. The van der Waals surface area contributed by atoms with Crippen LogP contribution >= 0.6 is 0 Å². The van der Waals surface area contributed by atoms with Crippen LogP contribution in [-0.4, -0.2) is 22.0 Å². The third-order valence-electron chi connectivity index (χ3n) is 3.49. The fraction of sp³-hybridized carbons (Fsp3) is 0.538. The van der Waals surface area contributed by atoms with Crippen molar-refractivity contribution in [1.29, 1.82) is 0 Å². The van der Waals surface area contributed by atoms with Crippen molar-refractivity contribution in [3.05, 3.63) is 29.6 Å². The van der Waals surface area contributed by atoms with Crippen molar-refractivity contribution in [3.63, 3.8) is 0 Å². The van der Waals surface area contributed by atoms with E-state index in [9.17, 15) is 12.8 Å². The summed E-state index contributed by atoms with van der Waals surface area (Å²) in [5.74, 6) is -0.401. The zero-order valence-corrected chi connectivity index (χ0v) is 12.0. The van der Waals surface area contributed by atoms with E-state index in [4.69, 9.17) is 0 Å². The Morgan fingerprint density at radius 3 is 2.63 bits per heavy atom. The summed E-state index contributed by atoms with van der Waals surface area (Å²) < 4.78 is 40.3. The molecule has 19 heavy (non-hydrogen) atoms. The quantitative estimate of drug-likeness (QED) is 0.835. The van der Waals surface area contributed by atoms with Crippen LogP contribution in [0.3, 0.4) is 0 Å². The fourth-order valence-corrected chi connectivity index (χ4v) is 3.04. The van der Waals surface area contributed by atoms with Gasteiger partial charge in [-0.2, -0.15) is 0 Å². The fourth-order valence-electron chi connectivity index (χ4n) is 1.79. The molecule has 0 atom stereocenters. The van der Waals surface area contributed by atoms with Gasteiger partial charge in [0.05, 0.1) is 4.90 Å². The predicted octanol–water partition coefficient (Wildman–Crippen LogP) is 1.62. The van der Waals surface area contributed by atoms with E-state index in [0.29, 0.717) is 18.7 Å². The highest BCUT2D eigenvalue weighted by Crippen LogP contribution is 2.44. The Morgan fingerprint density at radius 1 is 1.37 bits per heavy atom. The lowest BCUT2D eigenvalue weighted by molar-refractivity contribution is 0.530. The van der Waals surface area contributed by atoms with Crippen LogP contribution in [-0.2, 0) is 16.6 Å². The number of nitrogens with one attached hydrogen (secondary N) is 2. The molecular formula is C13H19FN2O2S. The average molecular weight is 286 g/mol. The lowest BCUT2D eigenvalue weighted by Gasteiger charge is -2.12. The first kappa shape index (κ1) is 14.4. The van der Waals surface area contributed by atoms with Crippen molar-refractivity contribution in [2.45, 2.75) is 31.2 Å². The maximum Gasteiger partial charge on any atom is 0.240 e. The molecule has 4 nitrogen and oxygen atoms in total. The topological polar surface area (TPSA) is 58.2 Å². The molecule has 1 aromatic rings. The normalized spacial score (nSPS) is 17.4. The molecule has 1 aromatic carbocycles. The standard InChI is InChI=1S/C13H19FN2O2S/c1-13(5-6-13)9-16-19(17,18)11-3-4-12(14)10(7-11)8-15-2/h3-4,7,15-16H,5-6,8-9H2,1-2H3. The van der Waals surface area contributed by atoms with Crippen LogP contribution in [0.15, 0.2) is 23.1 Å². The van der Waals surface area contributed by atoms with Gasteiger partial charge in [0.2, 0.25) is 10.0 Å². The highest BCUT2D eigenvalue weighted by molar-refractivity contribution is 7.89. The van der Waals surface area contributed by atoms with Crippen LogP contribution in [0, 0.1) is 11.2 Å². The molecule has 1 fully saturated rings. The van der Waals surface area contributed by atoms with Gasteiger partial charge in [0.1, 0.15) is 5.82 Å². The molecule has 0 bridgehead atoms. The molecule has 0 radical (unpaired) electrons. The molecule has 0 amide bonds. The largest absolute Gasteiger partial charge is 0.316 e. The monoisotopic (exact) mass is 286 g/mol. The summed E-state index contributed by atoms with van der Waals surface area (Å²) in [5.41, 5.74) is 0.448. The number of hydrogen-bond acceptors (Lipinski definition) is 3. The maximum atomic E-state index is 13.5. The van der Waals surface area contributed by atoms with Gasteiger partial charge in [0, 0.05) is 18.7 Å². The predicted molar refractivity (Wildman–Crippen MR) is 71.7 cm³/mol. The lowest BCUT2D eigenvalue weighted by atomic mass is 10.2. The first-order valence-corrected chi connectivity index (χ1v) is 7.77. The number of sulfonamides is 1. The van der Waals surface area contributed by atoms with Crippen molar-refractivity contribution in [1.82, 2.24) is 10.0 Å². The average Bonchev–Trinajstić information content (AvgIpc) is 3.09. The Balaban J connectivity index is 2.17. The third kappa shape index (κ3) is 3.52. The van der Waals surface area contributed by atoms with E-state index < -0.39 is 15.8 Å². The second kappa shape index (κ2) is 5.19. The highest BCUT2D eigenvalue weighted by atomic mass is 32.2. The van der Waals surface area contributed by atoms with Crippen LogP contribution in [0.1, 0.15) is 25.3 Å². The smallest absolute Gasteiger partial charge is 0.240 e. The Hall–Kier alpha value is -0.980. The molecule has 1 saturated carbocycles. The molecule has 0 heterocycles. The molecule has 0 aromatic heterocycles. The van der Waals surface area contributed by atoms with E-state index >= 15 is 0 Å². The first-order valence-electron chi connectivity index (χ1n) is 6.29. The van der Waals surface area contributed by atoms with Gasteiger partial charge in [0.25, 0.3) is 0 Å². The maximum absolute atomic E-state index is 13.5. The van der Waals surface area contributed by atoms with Gasteiger partial charge in [-0.05, 0) is 43.5 Å². The van der Waals surface area contributed by atoms with Gasteiger partial charge in [0.15, 0.2) is 0 Å². The van der Waals surface area contributed by atoms with Gasteiger partial charge in [-0.25, -0.2) is 17.5 Å². The van der Waals surface area contributed by atoms with E-state index in [1.165, 1.54) is 18.2 Å². The van der Waals surface area contributed by atoms with Crippen molar-refractivity contribution < 1.29 is 12.8 Å². The Kier molecular flexibility index (Phi) is 3.94. The Labute approximate surface area is 113 Å². The molecule has 0 unspecified atom stereocenters. The molecular weight excluding hydrogens is 267 g/mol. The van der Waals surface area contributed by atoms with Crippen LogP contribution in [0.4, 0.5) is 4.39 Å². The summed E-state index contributed by atoms with van der Waals surface area (Å²) in [5, 5.41) is 2.81. The summed E-state index contributed by atoms with van der Waals surface area (Å²) in [7, 11) is -1.87. The molecule has 0 spiro atoms. The van der Waals surface area contributed by atoms with E-state index in [1.807, 2.05) is 6.92 Å². The summed E-state index contributed by atoms with van der Waals surface area (Å²) in [6, 6.07) is 3.87. The van der Waals surface area contributed by atoms with E-state index in [1.54, 1.807) is 7.05 Å². The lowest BCUT2D eigenvalue weighted by Crippen LogP contribution is -2.29. The molecule has 2 rings (SSSR count). The molecule has 6 heteroatoms. The molecule has 1 aliphatic carbocycles. The van der Waals surface area contributed by atoms with E-state index in [2.05, 4.69) is 10.0 Å². The second-order valence-corrected chi connectivity index (χ2v) is 7.19. The summed E-state index contributed by atoms with van der Waals surface area (Å²) in [6.45, 7) is 2.79. The van der Waals surface area contributed by atoms with Gasteiger partial charge >= 0.3 is 0 Å². The molecule has 106 valence electrons. The van der Waals surface area contributed by atoms with Crippen molar-refractivity contribution in [2.24, 2.45) is 5.41 Å². The van der Waals surface area contributed by atoms with Gasteiger partial charge in [-0.3, -0.25) is 0 Å². The van der Waals surface area contributed by atoms with E-state index in [0.717, 1.165) is 12.8 Å². The number of halogens is 1. The van der Waals surface area contributed by atoms with Gasteiger partial charge in [-0.15, -0.1) is 0 Å². The van der Waals surface area contributed by atoms with Crippen molar-refractivity contribution in [3.8, 4) is 0 Å². The van der Waals surface area contributed by atoms with Crippen LogP contribution < -0.4 is 10.0 Å². The molecule has 1 aliphatic rings. The van der Waals surface area contributed by atoms with Crippen molar-refractivity contribution >= 4 is 10.0 Å². The summed E-state index contributed by atoms with van der Waals surface area (Å²) in [4.78, 5) is 0.114. The zero-order valence-electron chi connectivity index (χ0n) is 11.2. The summed E-state index contributed by atoms with van der Waals surface area (Å²) in [6.07, 6.45) is 2.09. The van der Waals surface area contributed by atoms with Crippen LogP contribution in [0.2, 0.25) is 0 Å². The first-order chi connectivity index (χ1) is 8.86. The van der Waals surface area contributed by atoms with Crippen molar-refractivity contribution in [2.75, 3.05) is 13.6 Å². The number of rotatable bonds is 6. The third-order valence-corrected chi connectivity index (χ3v) is 4.89. The SMILES string of the molecule is CNCc1cc(S(=O)(=O)NCC2(C)CC2)ccc1F. The minimum Gasteiger partial charge on any atom is -0.316 e. The van der Waals surface area contributed by atoms with Gasteiger partial charge < -0.3 is 5.32 Å². The highest BCUT2D eigenvalue weighted by Gasteiger charge is 2.38. The minimum absolute atomic E-state index is 0.0981. The number of benzene rings is 1. The Bertz CT molecular complexity index is 568. The van der Waals surface area contributed by atoms with Crippen LogP contribution in [0.5, 0.6) is 0 Å². The molecule has 2 N–H and O–H groups in total. The second-order valence-electron chi connectivity index (χ2n) is 5.42. The van der Waals surface area contributed by atoms with Crippen LogP contribution in [0.25, 0.3) is 0 Å². The van der Waals surface area contributed by atoms with Gasteiger partial charge in [-0.1, -0.05) is 6.92 Å². The minimum atomic E-state index is -3.56. The Morgan fingerprint density at radius 2 is 2.05 bits per heavy atom. The number of hydrogen-bond donors (Lipinski definition) is 2. The zero-order chi connectivity index (χ0) is 14.1. The molecule has 0 aliphatic heterocycles. The van der Waals surface area contributed by atoms with E-state index in [-0.39, 0.29) is 10.3 Å². The summed E-state index contributed by atoms with van der Waals surface area (Å²) >= 11 is 0.